The van der Waals surface area contributed by atoms with E-state index < -0.39 is 0 Å². The lowest BCUT2D eigenvalue weighted by Gasteiger charge is -2.01. The van der Waals surface area contributed by atoms with Gasteiger partial charge in [0, 0.05) is 17.3 Å². The van der Waals surface area contributed by atoms with Crippen molar-refractivity contribution in [3.8, 4) is 6.07 Å². The Balaban J connectivity index is 2.02. The topological polar surface area (TPSA) is 52.9 Å². The molecule has 0 radical (unpaired) electrons. The molecule has 4 heteroatoms. The van der Waals surface area contributed by atoms with Crippen molar-refractivity contribution in [2.24, 2.45) is 0 Å². The summed E-state index contributed by atoms with van der Waals surface area (Å²) in [6.07, 6.45) is 2.67. The lowest BCUT2D eigenvalue weighted by Crippen LogP contribution is -2.07. The minimum absolute atomic E-state index is 0.350. The molecule has 0 saturated carbocycles. The molecule has 0 spiro atoms. The van der Waals surface area contributed by atoms with Gasteiger partial charge in [0.15, 0.2) is 0 Å². The Morgan fingerprint density at radius 1 is 1.15 bits per heavy atom. The van der Waals surface area contributed by atoms with Gasteiger partial charge in [0.25, 0.3) is 0 Å². The van der Waals surface area contributed by atoms with Gasteiger partial charge in [0.2, 0.25) is 5.91 Å². The van der Waals surface area contributed by atoms with E-state index in [9.17, 15) is 9.18 Å². The maximum absolute atomic E-state index is 13.3. The van der Waals surface area contributed by atoms with Crippen molar-refractivity contribution >= 4 is 17.7 Å². The summed E-state index contributed by atoms with van der Waals surface area (Å²) in [5, 5.41) is 11.3. The van der Waals surface area contributed by atoms with E-state index in [1.54, 1.807) is 42.5 Å². The van der Waals surface area contributed by atoms with E-state index >= 15 is 0 Å². The number of rotatable bonds is 3. The van der Waals surface area contributed by atoms with Gasteiger partial charge in [-0.2, -0.15) is 5.26 Å². The first kappa shape index (κ1) is 13.5. The minimum atomic E-state index is -0.380. The standard InChI is InChI=1S/C16H11FN2O/c17-15-4-2-1-3-13(15)7-10-16(20)19-14-8-5-12(11-18)6-9-14/h1-10H,(H,19,20)/b10-7+. The van der Waals surface area contributed by atoms with E-state index in [1.807, 2.05) is 6.07 Å². The predicted octanol–water partition coefficient (Wildman–Crippen LogP) is 3.35. The maximum Gasteiger partial charge on any atom is 0.248 e. The highest BCUT2D eigenvalue weighted by atomic mass is 19.1. The molecule has 1 N–H and O–H groups in total. The Morgan fingerprint density at radius 2 is 1.85 bits per heavy atom. The third kappa shape index (κ3) is 3.53. The van der Waals surface area contributed by atoms with Crippen LogP contribution in [-0.4, -0.2) is 5.91 Å². The number of amides is 1. The first-order valence-corrected chi connectivity index (χ1v) is 5.93. The summed E-state index contributed by atoms with van der Waals surface area (Å²) in [6, 6.07) is 14.7. The molecule has 3 nitrogen and oxygen atoms in total. The number of hydrogen-bond donors (Lipinski definition) is 1. The van der Waals surface area contributed by atoms with Gasteiger partial charge in [0.05, 0.1) is 11.6 Å². The number of carbonyl (C=O) groups excluding carboxylic acids is 1. The van der Waals surface area contributed by atoms with Gasteiger partial charge in [-0.25, -0.2) is 4.39 Å². The number of anilines is 1. The Bertz CT molecular complexity index is 684. The van der Waals surface area contributed by atoms with Crippen molar-refractivity contribution in [1.82, 2.24) is 0 Å². The molecule has 20 heavy (non-hydrogen) atoms. The predicted molar refractivity (Wildman–Crippen MR) is 75.2 cm³/mol. The first-order valence-electron chi connectivity index (χ1n) is 5.93. The average Bonchev–Trinajstić information content (AvgIpc) is 2.47. The molecule has 0 heterocycles. The summed E-state index contributed by atoms with van der Waals surface area (Å²) in [4.78, 5) is 11.7. The van der Waals surface area contributed by atoms with Crippen molar-refractivity contribution < 1.29 is 9.18 Å². The maximum atomic E-state index is 13.3. The van der Waals surface area contributed by atoms with Crippen molar-refractivity contribution in [3.63, 3.8) is 0 Å². The van der Waals surface area contributed by atoms with Crippen LogP contribution in [0.2, 0.25) is 0 Å². The summed E-state index contributed by atoms with van der Waals surface area (Å²) >= 11 is 0. The zero-order chi connectivity index (χ0) is 14.4. The monoisotopic (exact) mass is 266 g/mol. The highest BCUT2D eigenvalue weighted by Gasteiger charge is 2.00. The second-order valence-corrected chi connectivity index (χ2v) is 4.03. The first-order chi connectivity index (χ1) is 9.69. The van der Waals surface area contributed by atoms with Gasteiger partial charge in [-0.1, -0.05) is 18.2 Å². The minimum Gasteiger partial charge on any atom is -0.323 e. The van der Waals surface area contributed by atoms with Crippen molar-refractivity contribution in [3.05, 3.63) is 71.6 Å². The lowest BCUT2D eigenvalue weighted by molar-refractivity contribution is -0.111. The lowest BCUT2D eigenvalue weighted by atomic mass is 10.2. The molecule has 2 rings (SSSR count). The SMILES string of the molecule is N#Cc1ccc(NC(=O)/C=C/c2ccccc2F)cc1. The number of carbonyl (C=O) groups is 1. The zero-order valence-electron chi connectivity index (χ0n) is 10.5. The molecule has 0 unspecified atom stereocenters. The number of nitrogens with one attached hydrogen (secondary N) is 1. The van der Waals surface area contributed by atoms with Gasteiger partial charge in [0.1, 0.15) is 5.82 Å². The normalized spacial score (nSPS) is 10.2. The highest BCUT2D eigenvalue weighted by Crippen LogP contribution is 2.10. The van der Waals surface area contributed by atoms with Crippen LogP contribution in [0.4, 0.5) is 10.1 Å². The van der Waals surface area contributed by atoms with E-state index in [1.165, 1.54) is 18.2 Å². The van der Waals surface area contributed by atoms with Gasteiger partial charge in [-0.15, -0.1) is 0 Å². The Kier molecular flexibility index (Phi) is 4.25. The molecule has 98 valence electrons. The molecule has 0 aromatic heterocycles. The summed E-state index contributed by atoms with van der Waals surface area (Å²) in [5.74, 6) is -0.743. The molecular weight excluding hydrogens is 255 g/mol. The fourth-order valence-electron chi connectivity index (χ4n) is 1.59. The molecule has 0 aliphatic heterocycles. The van der Waals surface area contributed by atoms with E-state index in [4.69, 9.17) is 5.26 Å². The Labute approximate surface area is 116 Å². The van der Waals surface area contributed by atoms with Crippen molar-refractivity contribution in [2.75, 3.05) is 5.32 Å². The zero-order valence-corrected chi connectivity index (χ0v) is 10.5. The van der Waals surface area contributed by atoms with Crippen LogP contribution in [-0.2, 0) is 4.79 Å². The van der Waals surface area contributed by atoms with Crippen molar-refractivity contribution in [2.45, 2.75) is 0 Å². The Hall–Kier alpha value is -2.93. The third-order valence-electron chi connectivity index (χ3n) is 2.60. The van der Waals surface area contributed by atoms with Crippen LogP contribution in [0.5, 0.6) is 0 Å². The smallest absolute Gasteiger partial charge is 0.248 e. The van der Waals surface area contributed by atoms with Crippen LogP contribution in [0, 0.1) is 17.1 Å². The van der Waals surface area contributed by atoms with E-state index in [0.717, 1.165) is 0 Å². The molecule has 2 aromatic rings. The third-order valence-corrected chi connectivity index (χ3v) is 2.60. The largest absolute Gasteiger partial charge is 0.323 e. The molecule has 0 atom stereocenters. The second kappa shape index (κ2) is 6.30. The average molecular weight is 266 g/mol. The van der Waals surface area contributed by atoms with Gasteiger partial charge < -0.3 is 5.32 Å². The fraction of sp³-hybridized carbons (Fsp3) is 0. The van der Waals surface area contributed by atoms with Crippen LogP contribution in [0.1, 0.15) is 11.1 Å². The summed E-state index contributed by atoms with van der Waals surface area (Å²) in [6.45, 7) is 0. The molecule has 0 aliphatic carbocycles. The fourth-order valence-corrected chi connectivity index (χ4v) is 1.59. The number of nitrogens with zero attached hydrogens (tertiary/aromatic N) is 1. The number of benzene rings is 2. The highest BCUT2D eigenvalue weighted by molar-refractivity contribution is 6.01. The van der Waals surface area contributed by atoms with Crippen LogP contribution in [0.15, 0.2) is 54.6 Å². The van der Waals surface area contributed by atoms with E-state index in [0.29, 0.717) is 16.8 Å². The summed E-state index contributed by atoms with van der Waals surface area (Å²) < 4.78 is 13.3. The van der Waals surface area contributed by atoms with Crippen molar-refractivity contribution in [1.29, 1.82) is 5.26 Å². The second-order valence-electron chi connectivity index (χ2n) is 4.03. The number of halogens is 1. The van der Waals surface area contributed by atoms with Crippen LogP contribution in [0.3, 0.4) is 0 Å². The molecule has 0 aliphatic rings. The van der Waals surface area contributed by atoms with Gasteiger partial charge >= 0.3 is 0 Å². The molecular formula is C16H11FN2O. The Morgan fingerprint density at radius 3 is 2.50 bits per heavy atom. The van der Waals surface area contributed by atoms with Crippen LogP contribution < -0.4 is 5.32 Å². The van der Waals surface area contributed by atoms with Crippen LogP contribution >= 0.6 is 0 Å². The van der Waals surface area contributed by atoms with Gasteiger partial charge in [-0.3, -0.25) is 4.79 Å². The number of nitriles is 1. The van der Waals surface area contributed by atoms with Crippen LogP contribution in [0.25, 0.3) is 6.08 Å². The molecule has 1 amide bonds. The van der Waals surface area contributed by atoms with Gasteiger partial charge in [-0.05, 0) is 36.4 Å². The molecule has 0 bridgehead atoms. The molecule has 2 aromatic carbocycles. The summed E-state index contributed by atoms with van der Waals surface area (Å²) in [5.41, 5.74) is 1.44. The van der Waals surface area contributed by atoms with E-state index in [-0.39, 0.29) is 11.7 Å². The van der Waals surface area contributed by atoms with E-state index in [2.05, 4.69) is 5.32 Å². The summed E-state index contributed by atoms with van der Waals surface area (Å²) in [7, 11) is 0. The number of hydrogen-bond acceptors (Lipinski definition) is 2. The molecule has 0 saturated heterocycles. The quantitative estimate of drug-likeness (QED) is 0.866. The molecule has 0 fully saturated rings.